The van der Waals surface area contributed by atoms with Gasteiger partial charge < -0.3 is 5.73 Å². The van der Waals surface area contributed by atoms with Crippen LogP contribution in [0.4, 0.5) is 0 Å². The van der Waals surface area contributed by atoms with Gasteiger partial charge >= 0.3 is 0 Å². The number of hydrogen-bond acceptors (Lipinski definition) is 1. The van der Waals surface area contributed by atoms with Crippen molar-refractivity contribution in [3.05, 3.63) is 11.6 Å². The molecule has 2 N–H and O–H groups in total. The molecule has 0 amide bonds. The third-order valence-electron chi connectivity index (χ3n) is 1.49. The molecule has 0 aliphatic carbocycles. The third-order valence-corrected chi connectivity index (χ3v) is 1.49. The molecule has 0 fully saturated rings. The molecule has 1 heteroatoms. The summed E-state index contributed by atoms with van der Waals surface area (Å²) in [6.45, 7) is 4.15. The fourth-order valence-corrected chi connectivity index (χ4v) is 0.774. The second-order valence-electron chi connectivity index (χ2n) is 3.02. The minimum Gasteiger partial charge on any atom is -0.327 e. The molecule has 0 unspecified atom stereocenters. The van der Waals surface area contributed by atoms with E-state index in [1.807, 2.05) is 0 Å². The first-order valence-electron chi connectivity index (χ1n) is 3.99. The van der Waals surface area contributed by atoms with Crippen LogP contribution in [-0.4, -0.2) is 6.04 Å². The summed E-state index contributed by atoms with van der Waals surface area (Å²) in [4.78, 5) is 0. The number of rotatable bonds is 4. The maximum Gasteiger partial charge on any atom is 0.0101 e. The summed E-state index contributed by atoms with van der Waals surface area (Å²) in [5, 5.41) is 0. The minimum atomic E-state index is 0.237. The third kappa shape index (κ3) is 7.15. The molecule has 11 heavy (non-hydrogen) atoms. The van der Waals surface area contributed by atoms with Crippen molar-refractivity contribution in [1.29, 1.82) is 0 Å². The standard InChI is InChI=1S/C10H17N/c1-4-5-6-10(11)8-7-9(2)3/h1,7,10H,5-6,8,11H2,2-3H3/t10-/m0/s1. The van der Waals surface area contributed by atoms with Gasteiger partial charge in [0.2, 0.25) is 0 Å². The molecule has 1 nitrogen and oxygen atoms in total. The highest BCUT2D eigenvalue weighted by Crippen LogP contribution is 2.01. The van der Waals surface area contributed by atoms with Crippen molar-refractivity contribution >= 4 is 0 Å². The fourth-order valence-electron chi connectivity index (χ4n) is 0.774. The summed E-state index contributed by atoms with van der Waals surface area (Å²) < 4.78 is 0. The van der Waals surface area contributed by atoms with E-state index >= 15 is 0 Å². The maximum atomic E-state index is 5.77. The van der Waals surface area contributed by atoms with Gasteiger partial charge in [0.1, 0.15) is 0 Å². The summed E-state index contributed by atoms with van der Waals surface area (Å²) >= 11 is 0. The predicted octanol–water partition coefficient (Wildman–Crippen LogP) is 2.08. The minimum absolute atomic E-state index is 0.237. The molecule has 0 aromatic rings. The topological polar surface area (TPSA) is 26.0 Å². The molecular weight excluding hydrogens is 134 g/mol. The highest BCUT2D eigenvalue weighted by Gasteiger charge is 1.97. The van der Waals surface area contributed by atoms with Gasteiger partial charge in [-0.15, -0.1) is 12.3 Å². The first-order valence-corrected chi connectivity index (χ1v) is 3.99. The second kappa shape index (κ2) is 6.00. The van der Waals surface area contributed by atoms with Crippen molar-refractivity contribution in [2.75, 3.05) is 0 Å². The lowest BCUT2D eigenvalue weighted by Crippen LogP contribution is -2.18. The van der Waals surface area contributed by atoms with Gasteiger partial charge in [0.25, 0.3) is 0 Å². The van der Waals surface area contributed by atoms with Gasteiger partial charge in [0, 0.05) is 12.5 Å². The van der Waals surface area contributed by atoms with E-state index in [1.54, 1.807) is 0 Å². The van der Waals surface area contributed by atoms with Crippen molar-refractivity contribution in [3.63, 3.8) is 0 Å². The van der Waals surface area contributed by atoms with Gasteiger partial charge in [-0.05, 0) is 26.7 Å². The molecule has 0 rings (SSSR count). The Kier molecular flexibility index (Phi) is 5.60. The van der Waals surface area contributed by atoms with Crippen molar-refractivity contribution in [2.45, 2.75) is 39.2 Å². The Morgan fingerprint density at radius 2 is 2.27 bits per heavy atom. The van der Waals surface area contributed by atoms with E-state index in [4.69, 9.17) is 12.2 Å². The molecule has 0 aromatic carbocycles. The SMILES string of the molecule is C#CCC[C@H](N)CC=C(C)C. The van der Waals surface area contributed by atoms with E-state index in [9.17, 15) is 0 Å². The average Bonchev–Trinajstić information content (AvgIpc) is 1.97. The fraction of sp³-hybridized carbons (Fsp3) is 0.600. The Hall–Kier alpha value is -0.740. The summed E-state index contributed by atoms with van der Waals surface area (Å²) in [5.41, 5.74) is 7.09. The quantitative estimate of drug-likeness (QED) is 0.483. The normalized spacial score (nSPS) is 11.8. The number of hydrogen-bond donors (Lipinski definition) is 1. The Morgan fingerprint density at radius 3 is 2.73 bits per heavy atom. The highest BCUT2D eigenvalue weighted by atomic mass is 14.6. The van der Waals surface area contributed by atoms with Gasteiger partial charge in [-0.2, -0.15) is 0 Å². The number of terminal acetylenes is 1. The Bertz CT molecular complexity index is 158. The van der Waals surface area contributed by atoms with Crippen LogP contribution >= 0.6 is 0 Å². The molecule has 0 bridgehead atoms. The lowest BCUT2D eigenvalue weighted by atomic mass is 10.1. The number of nitrogens with two attached hydrogens (primary N) is 1. The summed E-state index contributed by atoms with van der Waals surface area (Å²) in [5.74, 6) is 2.59. The van der Waals surface area contributed by atoms with Crippen LogP contribution in [-0.2, 0) is 0 Å². The Labute approximate surface area is 69.7 Å². The molecule has 0 saturated heterocycles. The molecule has 0 spiro atoms. The van der Waals surface area contributed by atoms with Crippen LogP contribution in [0, 0.1) is 12.3 Å². The van der Waals surface area contributed by atoms with Gasteiger partial charge in [-0.25, -0.2) is 0 Å². The van der Waals surface area contributed by atoms with Crippen molar-refractivity contribution < 1.29 is 0 Å². The zero-order valence-electron chi connectivity index (χ0n) is 7.43. The van der Waals surface area contributed by atoms with Crippen LogP contribution in [0.3, 0.4) is 0 Å². The number of allylic oxidation sites excluding steroid dienone is 1. The molecule has 0 radical (unpaired) electrons. The molecule has 1 atom stereocenters. The van der Waals surface area contributed by atoms with E-state index in [1.165, 1.54) is 5.57 Å². The molecule has 0 aromatic heterocycles. The molecule has 0 aliphatic rings. The monoisotopic (exact) mass is 151 g/mol. The van der Waals surface area contributed by atoms with Crippen LogP contribution in [0.5, 0.6) is 0 Å². The maximum absolute atomic E-state index is 5.77. The van der Waals surface area contributed by atoms with Gasteiger partial charge in [0.05, 0.1) is 0 Å². The molecule has 0 heterocycles. The summed E-state index contributed by atoms with van der Waals surface area (Å²) in [7, 11) is 0. The summed E-state index contributed by atoms with van der Waals surface area (Å²) in [6, 6.07) is 0.237. The zero-order chi connectivity index (χ0) is 8.69. The lowest BCUT2D eigenvalue weighted by molar-refractivity contribution is 0.632. The predicted molar refractivity (Wildman–Crippen MR) is 50.1 cm³/mol. The largest absolute Gasteiger partial charge is 0.327 e. The van der Waals surface area contributed by atoms with Gasteiger partial charge in [-0.1, -0.05) is 11.6 Å². The molecular formula is C10H17N. The van der Waals surface area contributed by atoms with Crippen molar-refractivity contribution in [3.8, 4) is 12.3 Å². The van der Waals surface area contributed by atoms with Crippen LogP contribution in [0.1, 0.15) is 33.1 Å². The van der Waals surface area contributed by atoms with Crippen LogP contribution < -0.4 is 5.73 Å². The van der Waals surface area contributed by atoms with E-state index in [-0.39, 0.29) is 6.04 Å². The smallest absolute Gasteiger partial charge is 0.0101 e. The van der Waals surface area contributed by atoms with E-state index in [0.717, 1.165) is 19.3 Å². The Balaban J connectivity index is 3.46. The Morgan fingerprint density at radius 1 is 1.64 bits per heavy atom. The van der Waals surface area contributed by atoms with Crippen LogP contribution in [0.15, 0.2) is 11.6 Å². The van der Waals surface area contributed by atoms with E-state index < -0.39 is 0 Å². The van der Waals surface area contributed by atoms with Gasteiger partial charge in [0.15, 0.2) is 0 Å². The van der Waals surface area contributed by atoms with E-state index in [0.29, 0.717) is 0 Å². The molecule has 0 saturated carbocycles. The molecule has 62 valence electrons. The van der Waals surface area contributed by atoms with Crippen LogP contribution in [0.2, 0.25) is 0 Å². The first kappa shape index (κ1) is 10.3. The lowest BCUT2D eigenvalue weighted by Gasteiger charge is -2.05. The van der Waals surface area contributed by atoms with Crippen molar-refractivity contribution in [2.24, 2.45) is 5.73 Å². The molecule has 0 aliphatic heterocycles. The first-order chi connectivity index (χ1) is 5.16. The van der Waals surface area contributed by atoms with E-state index in [2.05, 4.69) is 25.8 Å². The average molecular weight is 151 g/mol. The second-order valence-corrected chi connectivity index (χ2v) is 3.02. The highest BCUT2D eigenvalue weighted by molar-refractivity contribution is 4.95. The van der Waals surface area contributed by atoms with Crippen molar-refractivity contribution in [1.82, 2.24) is 0 Å². The zero-order valence-corrected chi connectivity index (χ0v) is 7.43. The van der Waals surface area contributed by atoms with Gasteiger partial charge in [-0.3, -0.25) is 0 Å². The summed E-state index contributed by atoms with van der Waals surface area (Å²) in [6.07, 6.45) is 9.93. The van der Waals surface area contributed by atoms with Crippen LogP contribution in [0.25, 0.3) is 0 Å².